The first kappa shape index (κ1) is 14.6. The summed E-state index contributed by atoms with van der Waals surface area (Å²) in [4.78, 5) is 11.3. The number of para-hydroxylation sites is 1. The van der Waals surface area contributed by atoms with Gasteiger partial charge in [-0.15, -0.1) is 0 Å². The maximum absolute atomic E-state index is 11.8. The Balaban J connectivity index is 2.37. The Bertz CT molecular complexity index is 731. The lowest BCUT2D eigenvalue weighted by atomic mass is 10.2. The van der Waals surface area contributed by atoms with Crippen LogP contribution in [0.25, 0.3) is 10.9 Å². The molecule has 0 amide bonds. The largest absolute Gasteiger partial charge is 0.477 e. The van der Waals surface area contributed by atoms with Crippen LogP contribution in [-0.4, -0.2) is 35.6 Å². The van der Waals surface area contributed by atoms with Crippen molar-refractivity contribution in [3.63, 3.8) is 0 Å². The molecule has 0 aliphatic rings. The fourth-order valence-electron chi connectivity index (χ4n) is 2.27. The quantitative estimate of drug-likeness (QED) is 0.886. The van der Waals surface area contributed by atoms with Gasteiger partial charge in [0.1, 0.15) is 5.69 Å². The Kier molecular flexibility index (Phi) is 4.13. The molecule has 0 unspecified atom stereocenters. The lowest BCUT2D eigenvalue weighted by molar-refractivity contribution is 0.0686. The molecule has 20 heavy (non-hydrogen) atoms. The molecule has 5 nitrogen and oxygen atoms in total. The van der Waals surface area contributed by atoms with E-state index < -0.39 is 15.8 Å². The second kappa shape index (κ2) is 5.66. The minimum Gasteiger partial charge on any atom is -0.477 e. The molecule has 1 aromatic heterocycles. The van der Waals surface area contributed by atoms with Crippen LogP contribution in [0.3, 0.4) is 0 Å². The first-order valence-corrected chi connectivity index (χ1v) is 8.29. The number of carboxylic acid groups (broad SMARTS) is 1. The molecule has 1 N–H and O–H groups in total. The molecular formula is C14H17NO4S. The predicted octanol–water partition coefficient (Wildman–Crippen LogP) is 2.16. The van der Waals surface area contributed by atoms with Crippen molar-refractivity contribution in [3.05, 3.63) is 36.0 Å². The first-order chi connectivity index (χ1) is 9.44. The number of aromatic nitrogens is 1. The molecule has 0 spiro atoms. The van der Waals surface area contributed by atoms with Crippen LogP contribution in [-0.2, 0) is 16.4 Å². The summed E-state index contributed by atoms with van der Waals surface area (Å²) < 4.78 is 25.1. The highest BCUT2D eigenvalue weighted by atomic mass is 32.2. The van der Waals surface area contributed by atoms with Gasteiger partial charge in [0.15, 0.2) is 9.84 Å². The minimum absolute atomic E-state index is 0.0419. The summed E-state index contributed by atoms with van der Waals surface area (Å²) in [5.74, 6) is -0.955. The Labute approximate surface area is 117 Å². The highest BCUT2D eigenvalue weighted by molar-refractivity contribution is 7.91. The summed E-state index contributed by atoms with van der Waals surface area (Å²) >= 11 is 0. The van der Waals surface area contributed by atoms with E-state index in [2.05, 4.69) is 0 Å². The third-order valence-electron chi connectivity index (χ3n) is 3.17. The van der Waals surface area contributed by atoms with Crippen molar-refractivity contribution in [2.75, 3.05) is 11.5 Å². The first-order valence-electron chi connectivity index (χ1n) is 6.46. The standard InChI is InChI=1S/C14H17NO4S/c1-2-8-20(18,19)9-7-15-12-6-4-3-5-11(12)10-13(15)14(16)17/h3-6,10H,2,7-9H2,1H3,(H,16,17). The molecule has 6 heteroatoms. The van der Waals surface area contributed by atoms with Gasteiger partial charge in [-0.2, -0.15) is 0 Å². The molecule has 0 fully saturated rings. The number of aryl methyl sites for hydroxylation is 1. The Morgan fingerprint density at radius 1 is 1.25 bits per heavy atom. The van der Waals surface area contributed by atoms with Crippen LogP contribution in [0.4, 0.5) is 0 Å². The van der Waals surface area contributed by atoms with E-state index in [1.807, 2.05) is 25.1 Å². The average molecular weight is 295 g/mol. The summed E-state index contributed by atoms with van der Waals surface area (Å²) in [6, 6.07) is 8.83. The Morgan fingerprint density at radius 3 is 2.60 bits per heavy atom. The molecule has 108 valence electrons. The maximum Gasteiger partial charge on any atom is 0.352 e. The topological polar surface area (TPSA) is 76.4 Å². The summed E-state index contributed by atoms with van der Waals surface area (Å²) in [5, 5.41) is 10.0. The number of carbonyl (C=O) groups is 1. The number of fused-ring (bicyclic) bond motifs is 1. The van der Waals surface area contributed by atoms with Crippen molar-refractivity contribution in [1.82, 2.24) is 4.57 Å². The van der Waals surface area contributed by atoms with E-state index in [9.17, 15) is 18.3 Å². The zero-order chi connectivity index (χ0) is 14.8. The fourth-order valence-corrected chi connectivity index (χ4v) is 3.56. The van der Waals surface area contributed by atoms with Gasteiger partial charge in [0, 0.05) is 23.2 Å². The third kappa shape index (κ3) is 3.01. The van der Waals surface area contributed by atoms with E-state index >= 15 is 0 Å². The van der Waals surface area contributed by atoms with Crippen LogP contribution >= 0.6 is 0 Å². The Morgan fingerprint density at radius 2 is 1.95 bits per heavy atom. The van der Waals surface area contributed by atoms with Crippen LogP contribution in [0, 0.1) is 0 Å². The fraction of sp³-hybridized carbons (Fsp3) is 0.357. The van der Waals surface area contributed by atoms with E-state index in [1.165, 1.54) is 0 Å². The van der Waals surface area contributed by atoms with Gasteiger partial charge in [-0.3, -0.25) is 0 Å². The van der Waals surface area contributed by atoms with E-state index in [0.717, 1.165) is 10.9 Å². The van der Waals surface area contributed by atoms with Gasteiger partial charge >= 0.3 is 5.97 Å². The molecule has 0 saturated heterocycles. The molecular weight excluding hydrogens is 278 g/mol. The van der Waals surface area contributed by atoms with Crippen LogP contribution < -0.4 is 0 Å². The van der Waals surface area contributed by atoms with Gasteiger partial charge in [0.2, 0.25) is 0 Å². The molecule has 1 heterocycles. The highest BCUT2D eigenvalue weighted by Crippen LogP contribution is 2.20. The molecule has 2 aromatic rings. The van der Waals surface area contributed by atoms with Crippen molar-refractivity contribution in [3.8, 4) is 0 Å². The second-order valence-corrected chi connectivity index (χ2v) is 7.00. The number of hydrogen-bond donors (Lipinski definition) is 1. The van der Waals surface area contributed by atoms with Gasteiger partial charge in [0.05, 0.1) is 5.75 Å². The molecule has 0 bridgehead atoms. The number of sulfone groups is 1. The van der Waals surface area contributed by atoms with E-state index in [1.54, 1.807) is 16.7 Å². The zero-order valence-electron chi connectivity index (χ0n) is 11.2. The summed E-state index contributed by atoms with van der Waals surface area (Å²) in [5.41, 5.74) is 0.870. The van der Waals surface area contributed by atoms with Crippen LogP contribution in [0.15, 0.2) is 30.3 Å². The van der Waals surface area contributed by atoms with Crippen molar-refractivity contribution in [1.29, 1.82) is 0 Å². The van der Waals surface area contributed by atoms with Gasteiger partial charge < -0.3 is 9.67 Å². The molecule has 2 rings (SSSR count). The molecule has 0 saturated carbocycles. The van der Waals surface area contributed by atoms with Crippen LogP contribution in [0.2, 0.25) is 0 Å². The van der Waals surface area contributed by atoms with Crippen molar-refractivity contribution in [2.45, 2.75) is 19.9 Å². The minimum atomic E-state index is -3.13. The van der Waals surface area contributed by atoms with E-state index in [-0.39, 0.29) is 23.7 Å². The highest BCUT2D eigenvalue weighted by Gasteiger charge is 2.17. The third-order valence-corrected chi connectivity index (χ3v) is 5.01. The molecule has 0 aliphatic carbocycles. The zero-order valence-corrected chi connectivity index (χ0v) is 12.1. The number of benzene rings is 1. The number of aromatic carboxylic acids is 1. The van der Waals surface area contributed by atoms with Gasteiger partial charge in [-0.1, -0.05) is 25.1 Å². The number of carboxylic acids is 1. The lowest BCUT2D eigenvalue weighted by Crippen LogP contribution is -2.18. The van der Waals surface area contributed by atoms with Gasteiger partial charge in [0.25, 0.3) is 0 Å². The van der Waals surface area contributed by atoms with Crippen molar-refractivity contribution in [2.24, 2.45) is 0 Å². The maximum atomic E-state index is 11.8. The van der Waals surface area contributed by atoms with E-state index in [0.29, 0.717) is 6.42 Å². The smallest absolute Gasteiger partial charge is 0.352 e. The number of nitrogens with zero attached hydrogens (tertiary/aromatic N) is 1. The average Bonchev–Trinajstić information content (AvgIpc) is 2.75. The summed E-state index contributed by atoms with van der Waals surface area (Å²) in [6.07, 6.45) is 0.570. The normalized spacial score (nSPS) is 11.8. The van der Waals surface area contributed by atoms with E-state index in [4.69, 9.17) is 0 Å². The van der Waals surface area contributed by atoms with Gasteiger partial charge in [-0.25, -0.2) is 13.2 Å². The molecule has 0 aliphatic heterocycles. The molecule has 1 aromatic carbocycles. The Hall–Kier alpha value is -1.82. The second-order valence-electron chi connectivity index (χ2n) is 4.70. The summed E-state index contributed by atoms with van der Waals surface area (Å²) in [6.45, 7) is 1.97. The lowest BCUT2D eigenvalue weighted by Gasteiger charge is -2.08. The number of hydrogen-bond acceptors (Lipinski definition) is 3. The van der Waals surface area contributed by atoms with Crippen LogP contribution in [0.5, 0.6) is 0 Å². The predicted molar refractivity (Wildman–Crippen MR) is 77.8 cm³/mol. The van der Waals surface area contributed by atoms with Gasteiger partial charge in [-0.05, 0) is 18.6 Å². The van der Waals surface area contributed by atoms with Crippen molar-refractivity contribution >= 4 is 26.7 Å². The SMILES string of the molecule is CCCS(=O)(=O)CCn1c(C(=O)O)cc2ccccc21. The summed E-state index contributed by atoms with van der Waals surface area (Å²) in [7, 11) is -3.13. The molecule has 0 atom stereocenters. The van der Waals surface area contributed by atoms with Crippen LogP contribution in [0.1, 0.15) is 23.8 Å². The molecule has 0 radical (unpaired) electrons. The van der Waals surface area contributed by atoms with Crippen molar-refractivity contribution < 1.29 is 18.3 Å². The number of rotatable bonds is 6. The monoisotopic (exact) mass is 295 g/mol.